The van der Waals surface area contributed by atoms with Crippen LogP contribution in [0.5, 0.6) is 0 Å². The van der Waals surface area contributed by atoms with E-state index in [4.69, 9.17) is 0 Å². The van der Waals surface area contributed by atoms with Gasteiger partial charge in [0.15, 0.2) is 0 Å². The zero-order valence-corrected chi connectivity index (χ0v) is 11.7. The van der Waals surface area contributed by atoms with Crippen molar-refractivity contribution in [3.05, 3.63) is 70.8 Å². The second-order valence-corrected chi connectivity index (χ2v) is 5.29. The van der Waals surface area contributed by atoms with Gasteiger partial charge in [0.05, 0.1) is 12.1 Å². The fourth-order valence-corrected chi connectivity index (χ4v) is 2.88. The van der Waals surface area contributed by atoms with Crippen LogP contribution in [-0.4, -0.2) is 6.03 Å². The van der Waals surface area contributed by atoms with Crippen LogP contribution in [0.15, 0.2) is 48.5 Å². The molecule has 0 aromatic heterocycles. The Morgan fingerprint density at radius 1 is 0.750 bits per heavy atom. The summed E-state index contributed by atoms with van der Waals surface area (Å²) in [5.41, 5.74) is 4.72. The first kappa shape index (κ1) is 12.7. The van der Waals surface area contributed by atoms with Crippen LogP contribution < -0.4 is 10.6 Å². The van der Waals surface area contributed by atoms with E-state index in [0.717, 1.165) is 0 Å². The molecule has 0 radical (unpaired) electrons. The number of aryl methyl sites for hydroxylation is 2. The quantitative estimate of drug-likeness (QED) is 0.859. The Kier molecular flexibility index (Phi) is 3.18. The van der Waals surface area contributed by atoms with E-state index in [-0.39, 0.29) is 18.1 Å². The van der Waals surface area contributed by atoms with Crippen molar-refractivity contribution >= 4 is 6.03 Å². The second-order valence-electron chi connectivity index (χ2n) is 5.29. The number of rotatable bonds is 2. The molecule has 3 heteroatoms. The Bertz CT molecular complexity index is 595. The van der Waals surface area contributed by atoms with Crippen molar-refractivity contribution in [2.75, 3.05) is 0 Å². The van der Waals surface area contributed by atoms with Crippen molar-refractivity contribution < 1.29 is 4.79 Å². The zero-order chi connectivity index (χ0) is 14.1. The summed E-state index contributed by atoms with van der Waals surface area (Å²) < 4.78 is 0. The molecule has 1 saturated heterocycles. The van der Waals surface area contributed by atoms with Crippen LogP contribution in [0, 0.1) is 13.8 Å². The minimum atomic E-state index is -0.105. The summed E-state index contributed by atoms with van der Waals surface area (Å²) in [5.74, 6) is 0. The number of carbonyl (C=O) groups excluding carboxylic acids is 1. The summed E-state index contributed by atoms with van der Waals surface area (Å²) in [4.78, 5) is 11.8. The third kappa shape index (κ3) is 2.16. The maximum atomic E-state index is 11.8. The third-order valence-corrected chi connectivity index (χ3v) is 3.95. The van der Waals surface area contributed by atoms with E-state index >= 15 is 0 Å². The molecule has 1 aliphatic heterocycles. The molecule has 1 fully saturated rings. The molecule has 20 heavy (non-hydrogen) atoms. The predicted octanol–water partition coefficient (Wildman–Crippen LogP) is 3.40. The highest BCUT2D eigenvalue weighted by atomic mass is 16.2. The Labute approximate surface area is 119 Å². The summed E-state index contributed by atoms with van der Waals surface area (Å²) in [6.07, 6.45) is 0. The molecule has 1 aliphatic rings. The van der Waals surface area contributed by atoms with E-state index in [2.05, 4.69) is 48.7 Å². The van der Waals surface area contributed by atoms with E-state index in [9.17, 15) is 4.79 Å². The molecule has 2 aromatic carbocycles. The number of amides is 2. The predicted molar refractivity (Wildman–Crippen MR) is 79.5 cm³/mol. The average molecular weight is 266 g/mol. The molecule has 0 spiro atoms. The van der Waals surface area contributed by atoms with E-state index in [0.29, 0.717) is 0 Å². The van der Waals surface area contributed by atoms with Gasteiger partial charge in [0.2, 0.25) is 0 Å². The molecule has 102 valence electrons. The lowest BCUT2D eigenvalue weighted by Crippen LogP contribution is -2.22. The molecule has 3 nitrogen and oxygen atoms in total. The first-order valence-corrected chi connectivity index (χ1v) is 6.85. The number of hydrogen-bond acceptors (Lipinski definition) is 1. The van der Waals surface area contributed by atoms with Crippen LogP contribution in [0.1, 0.15) is 34.3 Å². The van der Waals surface area contributed by atoms with Crippen molar-refractivity contribution in [1.29, 1.82) is 0 Å². The summed E-state index contributed by atoms with van der Waals surface area (Å²) in [6.45, 7) is 4.16. The van der Waals surface area contributed by atoms with Gasteiger partial charge in [0.25, 0.3) is 0 Å². The molecule has 0 aliphatic carbocycles. The van der Waals surface area contributed by atoms with Gasteiger partial charge in [-0.05, 0) is 36.1 Å². The van der Waals surface area contributed by atoms with Crippen LogP contribution in [-0.2, 0) is 0 Å². The molecular formula is C17H18N2O. The molecule has 2 atom stereocenters. The second kappa shape index (κ2) is 5.00. The van der Waals surface area contributed by atoms with E-state index < -0.39 is 0 Å². The van der Waals surface area contributed by atoms with Crippen molar-refractivity contribution in [1.82, 2.24) is 10.6 Å². The van der Waals surface area contributed by atoms with Gasteiger partial charge < -0.3 is 10.6 Å². The fourth-order valence-electron chi connectivity index (χ4n) is 2.88. The number of nitrogens with one attached hydrogen (secondary N) is 2. The maximum Gasteiger partial charge on any atom is 0.315 e. The molecule has 0 unspecified atom stereocenters. The Balaban J connectivity index is 2.04. The van der Waals surface area contributed by atoms with Gasteiger partial charge in [-0.1, -0.05) is 48.5 Å². The molecule has 0 saturated carbocycles. The smallest absolute Gasteiger partial charge is 0.315 e. The molecule has 2 aromatic rings. The fraction of sp³-hybridized carbons (Fsp3) is 0.235. The Hall–Kier alpha value is -2.29. The van der Waals surface area contributed by atoms with Crippen LogP contribution in [0.25, 0.3) is 0 Å². The SMILES string of the molecule is Cc1ccccc1[C@H]1NC(=O)N[C@@H]1c1ccccc1C. The molecule has 2 N–H and O–H groups in total. The first-order valence-electron chi connectivity index (χ1n) is 6.85. The van der Waals surface area contributed by atoms with Gasteiger partial charge in [-0.2, -0.15) is 0 Å². The number of benzene rings is 2. The van der Waals surface area contributed by atoms with Crippen molar-refractivity contribution in [3.8, 4) is 0 Å². The van der Waals surface area contributed by atoms with Crippen LogP contribution >= 0.6 is 0 Å². The topological polar surface area (TPSA) is 41.1 Å². The largest absolute Gasteiger partial charge is 0.329 e. The molecule has 3 rings (SSSR count). The van der Waals surface area contributed by atoms with Gasteiger partial charge in [-0.25, -0.2) is 4.79 Å². The van der Waals surface area contributed by atoms with Gasteiger partial charge >= 0.3 is 6.03 Å². The van der Waals surface area contributed by atoms with E-state index in [1.807, 2.05) is 24.3 Å². The van der Waals surface area contributed by atoms with Gasteiger partial charge in [0, 0.05) is 0 Å². The summed E-state index contributed by atoms with van der Waals surface area (Å²) in [5, 5.41) is 6.07. The molecule has 1 heterocycles. The normalized spacial score (nSPS) is 21.4. The number of carbonyl (C=O) groups is 1. The lowest BCUT2D eigenvalue weighted by Gasteiger charge is -2.22. The monoisotopic (exact) mass is 266 g/mol. The van der Waals surface area contributed by atoms with Gasteiger partial charge in [0.1, 0.15) is 0 Å². The van der Waals surface area contributed by atoms with E-state index in [1.54, 1.807) is 0 Å². The first-order chi connectivity index (χ1) is 9.66. The Morgan fingerprint density at radius 3 is 1.55 bits per heavy atom. The van der Waals surface area contributed by atoms with Crippen LogP contribution in [0.2, 0.25) is 0 Å². The minimum Gasteiger partial charge on any atom is -0.329 e. The van der Waals surface area contributed by atoms with Gasteiger partial charge in [-0.15, -0.1) is 0 Å². The summed E-state index contributed by atoms with van der Waals surface area (Å²) in [6, 6.07) is 16.2. The van der Waals surface area contributed by atoms with Crippen LogP contribution in [0.3, 0.4) is 0 Å². The average Bonchev–Trinajstić information content (AvgIpc) is 2.81. The lowest BCUT2D eigenvalue weighted by molar-refractivity contribution is 0.247. The summed E-state index contributed by atoms with van der Waals surface area (Å²) >= 11 is 0. The van der Waals surface area contributed by atoms with Gasteiger partial charge in [-0.3, -0.25) is 0 Å². The summed E-state index contributed by atoms with van der Waals surface area (Å²) in [7, 11) is 0. The van der Waals surface area contributed by atoms with Crippen molar-refractivity contribution in [3.63, 3.8) is 0 Å². The number of hydrogen-bond donors (Lipinski definition) is 2. The molecule has 0 bridgehead atoms. The molecule has 2 amide bonds. The highest BCUT2D eigenvalue weighted by Gasteiger charge is 2.35. The highest BCUT2D eigenvalue weighted by Crippen LogP contribution is 2.35. The highest BCUT2D eigenvalue weighted by molar-refractivity contribution is 5.78. The van der Waals surface area contributed by atoms with E-state index in [1.165, 1.54) is 22.3 Å². The minimum absolute atomic E-state index is 0.0233. The maximum absolute atomic E-state index is 11.8. The zero-order valence-electron chi connectivity index (χ0n) is 11.7. The van der Waals surface area contributed by atoms with Crippen LogP contribution in [0.4, 0.5) is 4.79 Å². The Morgan fingerprint density at radius 2 is 1.15 bits per heavy atom. The third-order valence-electron chi connectivity index (χ3n) is 3.95. The van der Waals surface area contributed by atoms with Crippen molar-refractivity contribution in [2.45, 2.75) is 25.9 Å². The van der Waals surface area contributed by atoms with Crippen molar-refractivity contribution in [2.24, 2.45) is 0 Å². The molecular weight excluding hydrogens is 248 g/mol. The lowest BCUT2D eigenvalue weighted by atomic mass is 9.90. The standard InChI is InChI=1S/C17H18N2O/c1-11-7-3-5-9-13(11)15-16(19-17(20)18-15)14-10-6-4-8-12(14)2/h3-10,15-16H,1-2H3,(H2,18,19,20)/t15-,16-/m1/s1. The number of urea groups is 1.